The zero-order valence-electron chi connectivity index (χ0n) is 12.2. The molecular weight excluding hydrogens is 274 g/mol. The largest absolute Gasteiger partial charge is 0.491 e. The number of ether oxygens (including phenoxy) is 1. The van der Waals surface area contributed by atoms with Crippen molar-refractivity contribution in [2.45, 2.75) is 32.8 Å². The summed E-state index contributed by atoms with van der Waals surface area (Å²) in [6, 6.07) is 7.22. The smallest absolute Gasteiger partial charge is 0.120 e. The molecule has 1 atom stereocenters. The Kier molecular flexibility index (Phi) is 5.30. The fourth-order valence-corrected chi connectivity index (χ4v) is 2.59. The van der Waals surface area contributed by atoms with Gasteiger partial charge in [0, 0.05) is 18.1 Å². The van der Waals surface area contributed by atoms with Gasteiger partial charge in [-0.3, -0.25) is 0 Å². The molecule has 0 amide bonds. The predicted molar refractivity (Wildman–Crippen MR) is 82.3 cm³/mol. The molecular formula is C16H24ClNO2. The summed E-state index contributed by atoms with van der Waals surface area (Å²) in [6.07, 6.45) is 2.09. The number of hydrogen-bond donors (Lipinski definition) is 2. The van der Waals surface area contributed by atoms with Gasteiger partial charge in [0.25, 0.3) is 0 Å². The molecule has 0 bridgehead atoms. The van der Waals surface area contributed by atoms with Crippen molar-refractivity contribution in [1.82, 2.24) is 5.32 Å². The first kappa shape index (κ1) is 15.6. The molecule has 0 aromatic heterocycles. The van der Waals surface area contributed by atoms with Crippen LogP contribution in [0.15, 0.2) is 24.3 Å². The molecule has 112 valence electrons. The van der Waals surface area contributed by atoms with E-state index in [1.165, 1.54) is 12.8 Å². The number of nitrogens with one attached hydrogen (secondary N) is 1. The lowest BCUT2D eigenvalue weighted by Gasteiger charge is -2.21. The van der Waals surface area contributed by atoms with Crippen LogP contribution in [-0.2, 0) is 0 Å². The molecule has 0 heterocycles. The fourth-order valence-electron chi connectivity index (χ4n) is 2.41. The minimum Gasteiger partial charge on any atom is -0.491 e. The van der Waals surface area contributed by atoms with Crippen LogP contribution in [0.1, 0.15) is 26.7 Å². The molecule has 3 nitrogen and oxygen atoms in total. The lowest BCUT2D eigenvalue weighted by molar-refractivity contribution is 0.104. The van der Waals surface area contributed by atoms with E-state index in [2.05, 4.69) is 19.2 Å². The van der Waals surface area contributed by atoms with Crippen LogP contribution >= 0.6 is 11.6 Å². The normalized spacial score (nSPS) is 18.1. The van der Waals surface area contributed by atoms with Gasteiger partial charge in [0.1, 0.15) is 18.5 Å². The first-order valence-corrected chi connectivity index (χ1v) is 7.67. The number of rotatable bonds is 8. The van der Waals surface area contributed by atoms with Crippen LogP contribution in [0.4, 0.5) is 0 Å². The van der Waals surface area contributed by atoms with Crippen LogP contribution in [0.3, 0.4) is 0 Å². The van der Waals surface area contributed by atoms with E-state index in [4.69, 9.17) is 16.3 Å². The molecule has 0 radical (unpaired) electrons. The third-order valence-corrected chi connectivity index (χ3v) is 4.45. The molecule has 1 aromatic rings. The van der Waals surface area contributed by atoms with Gasteiger partial charge in [0.15, 0.2) is 0 Å². The zero-order chi connectivity index (χ0) is 14.6. The summed E-state index contributed by atoms with van der Waals surface area (Å²) in [6.45, 7) is 6.37. The standard InChI is InChI=1S/C16H24ClNO2/c1-12(2)16(6-7-16)11-18-9-14(19)10-20-15-5-3-4-13(17)8-15/h3-5,8,12,14,18-19H,6-7,9-11H2,1-2H3. The van der Waals surface area contributed by atoms with Crippen molar-refractivity contribution in [2.24, 2.45) is 11.3 Å². The molecule has 0 aliphatic heterocycles. The summed E-state index contributed by atoms with van der Waals surface area (Å²) in [5.41, 5.74) is 0.466. The van der Waals surface area contributed by atoms with Crippen molar-refractivity contribution in [3.63, 3.8) is 0 Å². The topological polar surface area (TPSA) is 41.5 Å². The minimum absolute atomic E-state index is 0.280. The van der Waals surface area contributed by atoms with Crippen LogP contribution in [0.25, 0.3) is 0 Å². The molecule has 0 saturated heterocycles. The van der Waals surface area contributed by atoms with Crippen molar-refractivity contribution < 1.29 is 9.84 Å². The maximum absolute atomic E-state index is 9.92. The van der Waals surface area contributed by atoms with Crippen molar-refractivity contribution in [3.8, 4) is 5.75 Å². The molecule has 2 rings (SSSR count). The average Bonchev–Trinajstić information content (AvgIpc) is 3.18. The quantitative estimate of drug-likeness (QED) is 0.775. The minimum atomic E-state index is -0.503. The number of benzene rings is 1. The van der Waals surface area contributed by atoms with Crippen LogP contribution in [0, 0.1) is 11.3 Å². The first-order valence-electron chi connectivity index (χ1n) is 7.29. The van der Waals surface area contributed by atoms with E-state index in [1.807, 2.05) is 12.1 Å². The molecule has 2 N–H and O–H groups in total. The van der Waals surface area contributed by atoms with Gasteiger partial charge in [-0.15, -0.1) is 0 Å². The summed E-state index contributed by atoms with van der Waals surface area (Å²) >= 11 is 5.88. The highest BCUT2D eigenvalue weighted by Crippen LogP contribution is 2.51. The second-order valence-corrected chi connectivity index (χ2v) is 6.51. The lowest BCUT2D eigenvalue weighted by atomic mass is 9.92. The van der Waals surface area contributed by atoms with Gasteiger partial charge in [0.05, 0.1) is 0 Å². The highest BCUT2D eigenvalue weighted by Gasteiger charge is 2.44. The molecule has 20 heavy (non-hydrogen) atoms. The van der Waals surface area contributed by atoms with Gasteiger partial charge < -0.3 is 15.2 Å². The maximum Gasteiger partial charge on any atom is 0.120 e. The number of halogens is 1. The zero-order valence-corrected chi connectivity index (χ0v) is 13.0. The Morgan fingerprint density at radius 2 is 2.15 bits per heavy atom. The lowest BCUT2D eigenvalue weighted by Crippen LogP contribution is -2.36. The highest BCUT2D eigenvalue weighted by molar-refractivity contribution is 6.30. The van der Waals surface area contributed by atoms with E-state index in [-0.39, 0.29) is 6.61 Å². The van der Waals surface area contributed by atoms with Gasteiger partial charge in [0.2, 0.25) is 0 Å². The number of hydrogen-bond acceptors (Lipinski definition) is 3. The summed E-state index contributed by atoms with van der Waals surface area (Å²) in [7, 11) is 0. The average molecular weight is 298 g/mol. The second-order valence-electron chi connectivity index (χ2n) is 6.07. The second kappa shape index (κ2) is 6.79. The van der Waals surface area contributed by atoms with Crippen LogP contribution < -0.4 is 10.1 Å². The van der Waals surface area contributed by atoms with Gasteiger partial charge in [-0.05, 0) is 42.4 Å². The van der Waals surface area contributed by atoms with E-state index in [9.17, 15) is 5.11 Å². The Morgan fingerprint density at radius 3 is 2.75 bits per heavy atom. The molecule has 1 aromatic carbocycles. The summed E-state index contributed by atoms with van der Waals surface area (Å²) in [4.78, 5) is 0. The third kappa shape index (κ3) is 4.37. The molecule has 0 spiro atoms. The Morgan fingerprint density at radius 1 is 1.40 bits per heavy atom. The Balaban J connectivity index is 1.64. The monoisotopic (exact) mass is 297 g/mol. The molecule has 1 saturated carbocycles. The van der Waals surface area contributed by atoms with Crippen LogP contribution in [-0.4, -0.2) is 30.9 Å². The van der Waals surface area contributed by atoms with Gasteiger partial charge in [-0.2, -0.15) is 0 Å². The van der Waals surface area contributed by atoms with Gasteiger partial charge in [-0.1, -0.05) is 31.5 Å². The van der Waals surface area contributed by atoms with E-state index in [0.717, 1.165) is 6.54 Å². The number of aliphatic hydroxyl groups excluding tert-OH is 1. The Labute approximate surface area is 126 Å². The Hall–Kier alpha value is -0.770. The fraction of sp³-hybridized carbons (Fsp3) is 0.625. The van der Waals surface area contributed by atoms with E-state index < -0.39 is 6.10 Å². The molecule has 1 fully saturated rings. The first-order chi connectivity index (χ1) is 9.52. The predicted octanol–water partition coefficient (Wildman–Crippen LogP) is 3.11. The van der Waals surface area contributed by atoms with E-state index >= 15 is 0 Å². The summed E-state index contributed by atoms with van der Waals surface area (Å²) in [5.74, 6) is 1.40. The van der Waals surface area contributed by atoms with E-state index in [1.54, 1.807) is 12.1 Å². The molecule has 1 aliphatic rings. The SMILES string of the molecule is CC(C)C1(CNCC(O)COc2cccc(Cl)c2)CC1. The van der Waals surface area contributed by atoms with E-state index in [0.29, 0.717) is 28.6 Å². The third-order valence-electron chi connectivity index (χ3n) is 4.21. The Bertz CT molecular complexity index is 432. The van der Waals surface area contributed by atoms with Gasteiger partial charge >= 0.3 is 0 Å². The van der Waals surface area contributed by atoms with Crippen molar-refractivity contribution in [2.75, 3.05) is 19.7 Å². The summed E-state index contributed by atoms with van der Waals surface area (Å²) < 4.78 is 5.52. The van der Waals surface area contributed by atoms with Crippen molar-refractivity contribution >= 4 is 11.6 Å². The molecule has 1 aliphatic carbocycles. The van der Waals surface area contributed by atoms with Crippen molar-refractivity contribution in [3.05, 3.63) is 29.3 Å². The number of aliphatic hydroxyl groups is 1. The molecule has 4 heteroatoms. The van der Waals surface area contributed by atoms with Gasteiger partial charge in [-0.25, -0.2) is 0 Å². The molecule has 1 unspecified atom stereocenters. The maximum atomic E-state index is 9.92. The summed E-state index contributed by atoms with van der Waals surface area (Å²) in [5, 5.41) is 13.9. The van der Waals surface area contributed by atoms with Crippen LogP contribution in [0.5, 0.6) is 5.75 Å². The van der Waals surface area contributed by atoms with Crippen molar-refractivity contribution in [1.29, 1.82) is 0 Å². The highest BCUT2D eigenvalue weighted by atomic mass is 35.5. The van der Waals surface area contributed by atoms with Crippen LogP contribution in [0.2, 0.25) is 5.02 Å².